The fraction of sp³-hybridized carbons (Fsp3) is 0.476. The quantitative estimate of drug-likeness (QED) is 0.731. The second-order valence-electron chi connectivity index (χ2n) is 8.01. The minimum Gasteiger partial charge on any atom is -0.480 e. The first-order valence-electron chi connectivity index (χ1n) is 9.87. The van der Waals surface area contributed by atoms with Crippen molar-refractivity contribution in [2.75, 3.05) is 13.1 Å². The molecular weight excluding hydrogens is 356 g/mol. The number of hydrogen-bond acceptors (Lipinski definition) is 4. The number of carboxylic acid groups (broad SMARTS) is 1. The van der Waals surface area contributed by atoms with Crippen LogP contribution in [0.1, 0.15) is 41.7 Å². The van der Waals surface area contributed by atoms with Gasteiger partial charge >= 0.3 is 5.97 Å². The zero-order valence-corrected chi connectivity index (χ0v) is 16.0. The number of aromatic nitrogens is 2. The molecule has 2 aliphatic rings. The summed E-state index contributed by atoms with van der Waals surface area (Å²) in [5.41, 5.74) is 2.48. The van der Waals surface area contributed by atoms with Gasteiger partial charge in [0.1, 0.15) is 0 Å². The van der Waals surface area contributed by atoms with Gasteiger partial charge in [0, 0.05) is 30.4 Å². The summed E-state index contributed by atoms with van der Waals surface area (Å²) < 4.78 is 1.78. The topological polar surface area (TPSA) is 87.5 Å². The molecule has 2 aromatic rings. The van der Waals surface area contributed by atoms with E-state index in [0.29, 0.717) is 11.5 Å². The minimum absolute atomic E-state index is 0.0846. The van der Waals surface area contributed by atoms with E-state index in [2.05, 4.69) is 15.3 Å². The third-order valence-electron chi connectivity index (χ3n) is 5.61. The SMILES string of the molecule is Cc1ccn(-c2ccc(C(=O)NC3CC(N(CC(=O)O)CC4CC4)C3)cc2)n1. The Morgan fingerprint density at radius 3 is 2.50 bits per heavy atom. The predicted octanol–water partition coefficient (Wildman–Crippen LogP) is 2.24. The van der Waals surface area contributed by atoms with Crippen molar-refractivity contribution in [1.29, 1.82) is 0 Å². The molecule has 1 aromatic heterocycles. The van der Waals surface area contributed by atoms with E-state index < -0.39 is 5.97 Å². The Bertz CT molecular complexity index is 851. The van der Waals surface area contributed by atoms with Crippen LogP contribution in [0.25, 0.3) is 5.69 Å². The smallest absolute Gasteiger partial charge is 0.317 e. The van der Waals surface area contributed by atoms with Crippen molar-refractivity contribution in [2.45, 2.75) is 44.7 Å². The number of aryl methyl sites for hydroxylation is 1. The summed E-state index contributed by atoms with van der Waals surface area (Å²) >= 11 is 0. The highest BCUT2D eigenvalue weighted by atomic mass is 16.4. The number of nitrogens with zero attached hydrogens (tertiary/aromatic N) is 3. The lowest BCUT2D eigenvalue weighted by Crippen LogP contribution is -2.55. The molecule has 1 amide bonds. The maximum absolute atomic E-state index is 12.5. The van der Waals surface area contributed by atoms with Gasteiger partial charge in [-0.3, -0.25) is 14.5 Å². The van der Waals surface area contributed by atoms with Crippen LogP contribution in [0.4, 0.5) is 0 Å². The molecule has 0 aliphatic heterocycles. The molecule has 0 unspecified atom stereocenters. The molecule has 7 nitrogen and oxygen atoms in total. The highest BCUT2D eigenvalue weighted by Crippen LogP contribution is 2.33. The lowest BCUT2D eigenvalue weighted by atomic mass is 9.85. The van der Waals surface area contributed by atoms with Crippen molar-refractivity contribution < 1.29 is 14.7 Å². The molecule has 4 rings (SSSR count). The van der Waals surface area contributed by atoms with E-state index in [0.717, 1.165) is 30.8 Å². The summed E-state index contributed by atoms with van der Waals surface area (Å²) in [4.78, 5) is 25.7. The first kappa shape index (κ1) is 18.7. The molecule has 148 valence electrons. The summed E-state index contributed by atoms with van der Waals surface area (Å²) in [5.74, 6) is -0.204. The molecule has 28 heavy (non-hydrogen) atoms. The highest BCUT2D eigenvalue weighted by molar-refractivity contribution is 5.94. The van der Waals surface area contributed by atoms with Crippen molar-refractivity contribution in [2.24, 2.45) is 5.92 Å². The number of carboxylic acids is 1. The fourth-order valence-electron chi connectivity index (χ4n) is 3.75. The van der Waals surface area contributed by atoms with Crippen LogP contribution in [0, 0.1) is 12.8 Å². The van der Waals surface area contributed by atoms with Crippen molar-refractivity contribution in [3.63, 3.8) is 0 Å². The Morgan fingerprint density at radius 1 is 1.21 bits per heavy atom. The minimum atomic E-state index is -0.777. The first-order chi connectivity index (χ1) is 13.5. The van der Waals surface area contributed by atoms with Gasteiger partial charge in [-0.25, -0.2) is 4.68 Å². The van der Waals surface area contributed by atoms with E-state index in [1.54, 1.807) is 4.68 Å². The molecule has 0 radical (unpaired) electrons. The van der Waals surface area contributed by atoms with Crippen LogP contribution >= 0.6 is 0 Å². The van der Waals surface area contributed by atoms with Crippen molar-refractivity contribution >= 4 is 11.9 Å². The summed E-state index contributed by atoms with van der Waals surface area (Å²) in [6.07, 6.45) is 5.93. The molecule has 2 N–H and O–H groups in total. The number of nitrogens with one attached hydrogen (secondary N) is 1. The summed E-state index contributed by atoms with van der Waals surface area (Å²) in [5, 5.41) is 16.6. The van der Waals surface area contributed by atoms with Crippen LogP contribution in [-0.2, 0) is 4.79 Å². The van der Waals surface area contributed by atoms with E-state index in [-0.39, 0.29) is 24.5 Å². The van der Waals surface area contributed by atoms with Gasteiger partial charge in [-0.05, 0) is 68.9 Å². The lowest BCUT2D eigenvalue weighted by molar-refractivity contribution is -0.139. The maximum atomic E-state index is 12.5. The number of benzene rings is 1. The van der Waals surface area contributed by atoms with Gasteiger partial charge in [-0.2, -0.15) is 5.10 Å². The third-order valence-corrected chi connectivity index (χ3v) is 5.61. The van der Waals surface area contributed by atoms with Gasteiger partial charge in [-0.1, -0.05) is 0 Å². The molecule has 1 heterocycles. The van der Waals surface area contributed by atoms with Crippen molar-refractivity contribution in [3.8, 4) is 5.69 Å². The Hall–Kier alpha value is -2.67. The van der Waals surface area contributed by atoms with Gasteiger partial charge < -0.3 is 10.4 Å². The first-order valence-corrected chi connectivity index (χ1v) is 9.87. The predicted molar refractivity (Wildman–Crippen MR) is 105 cm³/mol. The highest BCUT2D eigenvalue weighted by Gasteiger charge is 2.37. The third kappa shape index (κ3) is 4.42. The second-order valence-corrected chi connectivity index (χ2v) is 8.01. The molecule has 0 saturated heterocycles. The lowest BCUT2D eigenvalue weighted by Gasteiger charge is -2.42. The molecular formula is C21H26N4O3. The number of aliphatic carboxylic acids is 1. The normalized spacial score (nSPS) is 21.4. The van der Waals surface area contributed by atoms with E-state index >= 15 is 0 Å². The zero-order chi connectivity index (χ0) is 19.7. The van der Waals surface area contributed by atoms with Crippen molar-refractivity contribution in [3.05, 3.63) is 47.8 Å². The van der Waals surface area contributed by atoms with Gasteiger partial charge in [-0.15, -0.1) is 0 Å². The van der Waals surface area contributed by atoms with Crippen LogP contribution < -0.4 is 5.32 Å². The Morgan fingerprint density at radius 2 is 1.93 bits per heavy atom. The largest absolute Gasteiger partial charge is 0.480 e. The molecule has 0 atom stereocenters. The van der Waals surface area contributed by atoms with Crippen LogP contribution in [0.3, 0.4) is 0 Å². The molecule has 7 heteroatoms. The van der Waals surface area contributed by atoms with Crippen LogP contribution in [0.2, 0.25) is 0 Å². The van der Waals surface area contributed by atoms with Gasteiger partial charge in [0.05, 0.1) is 17.9 Å². The van der Waals surface area contributed by atoms with Gasteiger partial charge in [0.15, 0.2) is 0 Å². The zero-order valence-electron chi connectivity index (χ0n) is 16.0. The standard InChI is InChI=1S/C21H26N4O3/c1-14-8-9-25(23-14)18-6-4-16(5-7-18)21(28)22-17-10-19(11-17)24(13-20(26)27)12-15-2-3-15/h4-9,15,17,19H,2-3,10-13H2,1H3,(H,22,28)(H,26,27). The van der Waals surface area contributed by atoms with E-state index in [1.165, 1.54) is 12.8 Å². The van der Waals surface area contributed by atoms with E-state index in [1.807, 2.05) is 43.5 Å². The van der Waals surface area contributed by atoms with Crippen LogP contribution in [-0.4, -0.2) is 56.8 Å². The molecule has 0 spiro atoms. The van der Waals surface area contributed by atoms with Gasteiger partial charge in [0.25, 0.3) is 5.91 Å². The molecule has 1 aromatic carbocycles. The number of amides is 1. The molecule has 2 aliphatic carbocycles. The average molecular weight is 382 g/mol. The Balaban J connectivity index is 1.29. The molecule has 2 fully saturated rings. The van der Waals surface area contributed by atoms with E-state index in [9.17, 15) is 9.59 Å². The summed E-state index contributed by atoms with van der Waals surface area (Å²) in [6, 6.07) is 9.69. The average Bonchev–Trinajstić information content (AvgIpc) is 3.34. The number of carbonyl (C=O) groups is 2. The van der Waals surface area contributed by atoms with Crippen LogP contribution in [0.15, 0.2) is 36.5 Å². The van der Waals surface area contributed by atoms with E-state index in [4.69, 9.17) is 5.11 Å². The summed E-state index contributed by atoms with van der Waals surface area (Å²) in [6.45, 7) is 2.90. The van der Waals surface area contributed by atoms with Gasteiger partial charge in [0.2, 0.25) is 0 Å². The second kappa shape index (κ2) is 7.75. The summed E-state index contributed by atoms with van der Waals surface area (Å²) in [7, 11) is 0. The van der Waals surface area contributed by atoms with Crippen LogP contribution in [0.5, 0.6) is 0 Å². The monoisotopic (exact) mass is 382 g/mol. The fourth-order valence-corrected chi connectivity index (χ4v) is 3.75. The molecule has 2 saturated carbocycles. The number of hydrogen-bond donors (Lipinski definition) is 2. The molecule has 0 bridgehead atoms. The maximum Gasteiger partial charge on any atom is 0.317 e. The Kier molecular flexibility index (Phi) is 5.17. The number of carbonyl (C=O) groups excluding carboxylic acids is 1. The Labute approximate surface area is 164 Å². The number of rotatable bonds is 8. The van der Waals surface area contributed by atoms with Crippen molar-refractivity contribution in [1.82, 2.24) is 20.0 Å².